The van der Waals surface area contributed by atoms with Gasteiger partial charge in [0.1, 0.15) is 0 Å². The van der Waals surface area contributed by atoms with Crippen LogP contribution >= 0.6 is 27.5 Å². The third-order valence-corrected chi connectivity index (χ3v) is 3.34. The molecule has 2 aromatic rings. The molecule has 94 valence electrons. The quantitative estimate of drug-likeness (QED) is 0.670. The standard InChI is InChI=1S/C13H13BrClN3/c14-10-4-5-12(17-8-10)13(18-16)7-9-2-1-3-11(15)6-9/h1-6,8,13,18H,7,16H2. The fourth-order valence-electron chi connectivity index (χ4n) is 1.74. The molecule has 1 aromatic carbocycles. The zero-order valence-corrected chi connectivity index (χ0v) is 11.9. The lowest BCUT2D eigenvalue weighted by molar-refractivity contribution is 0.538. The van der Waals surface area contributed by atoms with Crippen LogP contribution in [0.3, 0.4) is 0 Å². The van der Waals surface area contributed by atoms with Crippen LogP contribution in [0, 0.1) is 0 Å². The summed E-state index contributed by atoms with van der Waals surface area (Å²) in [5, 5.41) is 0.729. The van der Waals surface area contributed by atoms with E-state index in [4.69, 9.17) is 17.4 Å². The SMILES string of the molecule is NNC(Cc1cccc(Cl)c1)c1ccc(Br)cn1. The Bertz CT molecular complexity index is 516. The molecule has 3 nitrogen and oxygen atoms in total. The van der Waals surface area contributed by atoms with Crippen LogP contribution in [-0.4, -0.2) is 4.98 Å². The molecule has 1 atom stereocenters. The number of hydrogen-bond acceptors (Lipinski definition) is 3. The number of hydrogen-bond donors (Lipinski definition) is 2. The molecule has 1 unspecified atom stereocenters. The monoisotopic (exact) mass is 325 g/mol. The molecule has 0 bridgehead atoms. The Labute approximate surface area is 119 Å². The first-order valence-corrected chi connectivity index (χ1v) is 6.68. The van der Waals surface area contributed by atoms with E-state index in [1.54, 1.807) is 6.20 Å². The molecular weight excluding hydrogens is 314 g/mol. The highest BCUT2D eigenvalue weighted by atomic mass is 79.9. The Balaban J connectivity index is 2.17. The van der Waals surface area contributed by atoms with Gasteiger partial charge >= 0.3 is 0 Å². The summed E-state index contributed by atoms with van der Waals surface area (Å²) in [7, 11) is 0. The van der Waals surface area contributed by atoms with Crippen molar-refractivity contribution in [2.24, 2.45) is 5.84 Å². The van der Waals surface area contributed by atoms with E-state index in [1.165, 1.54) is 0 Å². The molecule has 0 fully saturated rings. The number of halogens is 2. The summed E-state index contributed by atoms with van der Waals surface area (Å²) in [5.74, 6) is 5.59. The van der Waals surface area contributed by atoms with Gasteiger partial charge in [-0.2, -0.15) is 0 Å². The Morgan fingerprint density at radius 2 is 2.17 bits per heavy atom. The zero-order valence-electron chi connectivity index (χ0n) is 9.61. The van der Waals surface area contributed by atoms with Crippen LogP contribution in [-0.2, 0) is 6.42 Å². The Morgan fingerprint density at radius 3 is 2.78 bits per heavy atom. The highest BCUT2D eigenvalue weighted by Crippen LogP contribution is 2.19. The number of nitrogens with zero attached hydrogens (tertiary/aromatic N) is 1. The molecular formula is C13H13BrClN3. The van der Waals surface area contributed by atoms with Crippen LogP contribution < -0.4 is 11.3 Å². The largest absolute Gasteiger partial charge is 0.271 e. The van der Waals surface area contributed by atoms with Crippen molar-refractivity contribution in [2.45, 2.75) is 12.5 Å². The summed E-state index contributed by atoms with van der Waals surface area (Å²) in [6, 6.07) is 11.6. The molecule has 0 aliphatic heterocycles. The van der Waals surface area contributed by atoms with Gasteiger partial charge < -0.3 is 0 Å². The minimum Gasteiger partial charge on any atom is -0.271 e. The van der Waals surface area contributed by atoms with Gasteiger partial charge in [-0.1, -0.05) is 23.7 Å². The lowest BCUT2D eigenvalue weighted by Crippen LogP contribution is -2.30. The third kappa shape index (κ3) is 3.53. The number of benzene rings is 1. The van der Waals surface area contributed by atoms with Crippen molar-refractivity contribution in [3.05, 3.63) is 63.3 Å². The highest BCUT2D eigenvalue weighted by Gasteiger charge is 2.12. The summed E-state index contributed by atoms with van der Waals surface area (Å²) in [6.45, 7) is 0. The van der Waals surface area contributed by atoms with E-state index in [0.717, 1.165) is 27.2 Å². The summed E-state index contributed by atoms with van der Waals surface area (Å²) in [4.78, 5) is 4.35. The predicted octanol–water partition coefficient (Wildman–Crippen LogP) is 3.24. The van der Waals surface area contributed by atoms with Gasteiger partial charge in [0.25, 0.3) is 0 Å². The van der Waals surface area contributed by atoms with Gasteiger partial charge in [0, 0.05) is 15.7 Å². The van der Waals surface area contributed by atoms with Gasteiger partial charge in [-0.3, -0.25) is 16.3 Å². The molecule has 0 aliphatic rings. The van der Waals surface area contributed by atoms with E-state index in [0.29, 0.717) is 0 Å². The van der Waals surface area contributed by atoms with E-state index >= 15 is 0 Å². The van der Waals surface area contributed by atoms with Crippen molar-refractivity contribution in [1.29, 1.82) is 0 Å². The first-order valence-electron chi connectivity index (χ1n) is 5.51. The van der Waals surface area contributed by atoms with E-state index < -0.39 is 0 Å². The molecule has 0 aliphatic carbocycles. The predicted molar refractivity (Wildman–Crippen MR) is 77.2 cm³/mol. The van der Waals surface area contributed by atoms with Gasteiger partial charge in [-0.05, 0) is 52.2 Å². The second-order valence-electron chi connectivity index (χ2n) is 3.95. The average Bonchev–Trinajstić information content (AvgIpc) is 2.37. The van der Waals surface area contributed by atoms with Gasteiger partial charge in [0.2, 0.25) is 0 Å². The van der Waals surface area contributed by atoms with Crippen LogP contribution in [0.2, 0.25) is 5.02 Å². The summed E-state index contributed by atoms with van der Waals surface area (Å²) < 4.78 is 0.949. The summed E-state index contributed by atoms with van der Waals surface area (Å²) in [6.07, 6.45) is 2.50. The van der Waals surface area contributed by atoms with Crippen molar-refractivity contribution in [2.75, 3.05) is 0 Å². The van der Waals surface area contributed by atoms with Gasteiger partial charge in [-0.25, -0.2) is 0 Å². The molecule has 1 heterocycles. The molecule has 1 aromatic heterocycles. The van der Waals surface area contributed by atoms with Crippen LogP contribution in [0.25, 0.3) is 0 Å². The fourth-order valence-corrected chi connectivity index (χ4v) is 2.19. The smallest absolute Gasteiger partial charge is 0.0672 e. The Kier molecular flexibility index (Phi) is 4.72. The first kappa shape index (κ1) is 13.5. The fraction of sp³-hybridized carbons (Fsp3) is 0.154. The van der Waals surface area contributed by atoms with Crippen LogP contribution in [0.15, 0.2) is 47.1 Å². The maximum atomic E-state index is 5.96. The van der Waals surface area contributed by atoms with E-state index in [-0.39, 0.29) is 6.04 Å². The Morgan fingerprint density at radius 1 is 1.33 bits per heavy atom. The summed E-state index contributed by atoms with van der Waals surface area (Å²) >= 11 is 9.33. The number of rotatable bonds is 4. The molecule has 5 heteroatoms. The number of hydrazine groups is 1. The van der Waals surface area contributed by atoms with Crippen LogP contribution in [0.5, 0.6) is 0 Å². The van der Waals surface area contributed by atoms with Gasteiger partial charge in [0.15, 0.2) is 0 Å². The van der Waals surface area contributed by atoms with E-state index in [9.17, 15) is 0 Å². The van der Waals surface area contributed by atoms with Gasteiger partial charge in [0.05, 0.1) is 11.7 Å². The van der Waals surface area contributed by atoms with Crippen LogP contribution in [0.1, 0.15) is 17.3 Å². The normalized spacial score (nSPS) is 12.4. The Hall–Kier alpha value is -0.940. The minimum absolute atomic E-state index is 0.0310. The second-order valence-corrected chi connectivity index (χ2v) is 5.31. The average molecular weight is 327 g/mol. The molecule has 0 amide bonds. The van der Waals surface area contributed by atoms with Crippen molar-refractivity contribution in [3.63, 3.8) is 0 Å². The molecule has 3 N–H and O–H groups in total. The molecule has 18 heavy (non-hydrogen) atoms. The molecule has 0 radical (unpaired) electrons. The third-order valence-electron chi connectivity index (χ3n) is 2.64. The highest BCUT2D eigenvalue weighted by molar-refractivity contribution is 9.10. The molecule has 2 rings (SSSR count). The lowest BCUT2D eigenvalue weighted by atomic mass is 10.0. The molecule has 0 spiro atoms. The maximum Gasteiger partial charge on any atom is 0.0672 e. The van der Waals surface area contributed by atoms with E-state index in [2.05, 4.69) is 26.3 Å². The number of nitrogens with one attached hydrogen (secondary N) is 1. The van der Waals surface area contributed by atoms with Crippen molar-refractivity contribution in [1.82, 2.24) is 10.4 Å². The molecule has 0 saturated heterocycles. The zero-order chi connectivity index (χ0) is 13.0. The van der Waals surface area contributed by atoms with E-state index in [1.807, 2.05) is 36.4 Å². The minimum atomic E-state index is -0.0310. The second kappa shape index (κ2) is 6.29. The summed E-state index contributed by atoms with van der Waals surface area (Å²) in [5.41, 5.74) is 4.81. The van der Waals surface area contributed by atoms with Gasteiger partial charge in [-0.15, -0.1) is 0 Å². The topological polar surface area (TPSA) is 50.9 Å². The maximum absolute atomic E-state index is 5.96. The lowest BCUT2D eigenvalue weighted by Gasteiger charge is -2.15. The number of pyridine rings is 1. The molecule has 0 saturated carbocycles. The number of nitrogens with two attached hydrogens (primary N) is 1. The van der Waals surface area contributed by atoms with Crippen LogP contribution in [0.4, 0.5) is 0 Å². The number of aromatic nitrogens is 1. The van der Waals surface area contributed by atoms with Crippen molar-refractivity contribution < 1.29 is 0 Å². The van der Waals surface area contributed by atoms with Crippen molar-refractivity contribution in [3.8, 4) is 0 Å². The first-order chi connectivity index (χ1) is 8.69. The van der Waals surface area contributed by atoms with Crippen molar-refractivity contribution >= 4 is 27.5 Å².